The molecule has 8 heteroatoms. The number of nitrogens with zero attached hydrogens (tertiary/aromatic N) is 1. The molecule has 0 fully saturated rings. The van der Waals surface area contributed by atoms with Crippen molar-refractivity contribution in [2.24, 2.45) is 5.16 Å². The van der Waals surface area contributed by atoms with Gasteiger partial charge in [-0.2, -0.15) is 0 Å². The second-order valence-corrected chi connectivity index (χ2v) is 8.08. The molecule has 0 radical (unpaired) electrons. The van der Waals surface area contributed by atoms with E-state index in [-0.39, 0.29) is 5.04 Å². The summed E-state index contributed by atoms with van der Waals surface area (Å²) in [5.74, 6) is 3.48. The number of esters is 1. The number of methoxy groups -OCH3 is 2. The molecule has 0 saturated carbocycles. The minimum absolute atomic E-state index is 0.0822. The van der Waals surface area contributed by atoms with Gasteiger partial charge in [-0.3, -0.25) is 4.28 Å². The Morgan fingerprint density at radius 2 is 1.69 bits per heavy atom. The van der Waals surface area contributed by atoms with Gasteiger partial charge in [0.25, 0.3) is 0 Å². The van der Waals surface area contributed by atoms with E-state index < -0.39 is 15.8 Å². The van der Waals surface area contributed by atoms with E-state index in [4.69, 9.17) is 13.8 Å². The van der Waals surface area contributed by atoms with E-state index in [0.717, 1.165) is 22.2 Å². The van der Waals surface area contributed by atoms with Crippen LogP contribution in [0.1, 0.15) is 5.56 Å². The van der Waals surface area contributed by atoms with Crippen LogP contribution < -0.4 is 4.74 Å². The molecule has 1 unspecified atom stereocenters. The van der Waals surface area contributed by atoms with Crippen molar-refractivity contribution in [3.05, 3.63) is 54.1 Å². The second kappa shape index (κ2) is 8.77. The molecule has 2 rings (SSSR count). The number of hydrogen-bond donors (Lipinski definition) is 0. The first kappa shape index (κ1) is 19.9. The summed E-state index contributed by atoms with van der Waals surface area (Å²) in [7, 11) is -0.421. The van der Waals surface area contributed by atoms with E-state index in [0.29, 0.717) is 10.6 Å². The topological polar surface area (TPSA) is 74.2 Å². The lowest BCUT2D eigenvalue weighted by Crippen LogP contribution is -2.14. The van der Waals surface area contributed by atoms with Crippen LogP contribution in [0, 0.1) is 6.92 Å². The van der Waals surface area contributed by atoms with Gasteiger partial charge in [0.2, 0.25) is 5.04 Å². The smallest absolute Gasteiger partial charge is 0.367 e. The van der Waals surface area contributed by atoms with Gasteiger partial charge in [-0.25, -0.2) is 9.00 Å². The number of oxime groups is 1. The Hall–Kier alpha value is -2.45. The minimum Gasteiger partial charge on any atom is -0.497 e. The Kier molecular flexibility index (Phi) is 6.70. The highest BCUT2D eigenvalue weighted by Crippen LogP contribution is 2.23. The quantitative estimate of drug-likeness (QED) is 0.194. The van der Waals surface area contributed by atoms with Crippen molar-refractivity contribution in [1.29, 1.82) is 0 Å². The van der Waals surface area contributed by atoms with Crippen LogP contribution in [0.15, 0.2) is 63.5 Å². The molecule has 6 nitrogen and oxygen atoms in total. The van der Waals surface area contributed by atoms with Crippen LogP contribution in [0.25, 0.3) is 0 Å². The maximum atomic E-state index is 12.7. The summed E-state index contributed by atoms with van der Waals surface area (Å²) >= 11 is 1.05. The first-order valence-corrected chi connectivity index (χ1v) is 9.93. The number of rotatable bonds is 5. The largest absolute Gasteiger partial charge is 0.497 e. The highest BCUT2D eigenvalue weighted by atomic mass is 32.2. The Labute approximate surface area is 157 Å². The van der Waals surface area contributed by atoms with Crippen LogP contribution in [0.3, 0.4) is 0 Å². The average molecular weight is 393 g/mol. The van der Waals surface area contributed by atoms with Gasteiger partial charge in [-0.05, 0) is 49.2 Å². The Morgan fingerprint density at radius 1 is 1.08 bits per heavy atom. The second-order valence-electron chi connectivity index (χ2n) is 5.17. The van der Waals surface area contributed by atoms with E-state index in [1.54, 1.807) is 24.3 Å². The molecule has 0 N–H and O–H groups in total. The summed E-state index contributed by atoms with van der Waals surface area (Å²) in [6.07, 6.45) is 0. The first-order valence-electron chi connectivity index (χ1n) is 7.46. The summed E-state index contributed by atoms with van der Waals surface area (Å²) < 4.78 is 27.5. The summed E-state index contributed by atoms with van der Waals surface area (Å²) in [4.78, 5) is 13.0. The number of carbonyl (C=O) groups is 1. The molecule has 2 aromatic carbocycles. The molecule has 26 heavy (non-hydrogen) atoms. The van der Waals surface area contributed by atoms with E-state index in [9.17, 15) is 9.00 Å². The molecular weight excluding hydrogens is 374 g/mol. The van der Waals surface area contributed by atoms with Crippen molar-refractivity contribution in [2.75, 3.05) is 14.2 Å². The summed E-state index contributed by atoms with van der Waals surface area (Å²) in [5, 5.41) is 3.66. The van der Waals surface area contributed by atoms with Crippen molar-refractivity contribution in [3.8, 4) is 5.75 Å². The summed E-state index contributed by atoms with van der Waals surface area (Å²) in [6.45, 7) is 1.96. The molecule has 1 atom stereocenters. The van der Waals surface area contributed by atoms with Gasteiger partial charge in [0.15, 0.2) is 9.80 Å². The molecule has 0 aliphatic carbocycles. The standard InChI is InChI=1S/C18H19NO5S2/c1-13-5-9-15(10-6-13)25-17(18(20)23-3)19-24-26(4,21)16-11-7-14(22-2)8-12-16/h5-12H,4H2,1-3H3/b19-17-. The van der Waals surface area contributed by atoms with Gasteiger partial charge >= 0.3 is 5.97 Å². The third kappa shape index (κ3) is 5.27. The van der Waals surface area contributed by atoms with Crippen molar-refractivity contribution in [3.63, 3.8) is 0 Å². The maximum Gasteiger partial charge on any atom is 0.367 e. The van der Waals surface area contributed by atoms with Gasteiger partial charge in [-0.1, -0.05) is 34.6 Å². The molecule has 0 spiro atoms. The average Bonchev–Trinajstić information content (AvgIpc) is 2.66. The minimum atomic E-state index is -3.19. The number of thioether (sulfide) groups is 1. The predicted molar refractivity (Wildman–Crippen MR) is 104 cm³/mol. The number of ether oxygens (including phenoxy) is 2. The maximum absolute atomic E-state index is 12.7. The zero-order valence-corrected chi connectivity index (χ0v) is 16.3. The van der Waals surface area contributed by atoms with Crippen LogP contribution in [-0.2, 0) is 23.6 Å². The molecule has 0 aromatic heterocycles. The first-order chi connectivity index (χ1) is 12.4. The van der Waals surface area contributed by atoms with Crippen molar-refractivity contribution in [2.45, 2.75) is 16.7 Å². The molecule has 0 saturated heterocycles. The Morgan fingerprint density at radius 3 is 2.23 bits per heavy atom. The van der Waals surface area contributed by atoms with Crippen molar-refractivity contribution in [1.82, 2.24) is 0 Å². The number of aryl methyl sites for hydroxylation is 1. The van der Waals surface area contributed by atoms with Crippen LogP contribution in [0.4, 0.5) is 0 Å². The summed E-state index contributed by atoms with van der Waals surface area (Å²) in [5.41, 5.74) is 1.09. The van der Waals surface area contributed by atoms with Crippen LogP contribution in [-0.4, -0.2) is 35.3 Å². The normalized spacial score (nSPS) is 13.6. The lowest BCUT2D eigenvalue weighted by molar-refractivity contribution is -0.132. The highest BCUT2D eigenvalue weighted by molar-refractivity contribution is 8.15. The van der Waals surface area contributed by atoms with E-state index in [1.807, 2.05) is 31.2 Å². The fraction of sp³-hybridized carbons (Fsp3) is 0.167. The lowest BCUT2D eigenvalue weighted by atomic mass is 10.2. The molecule has 138 valence electrons. The van der Waals surface area contributed by atoms with E-state index in [1.165, 1.54) is 14.2 Å². The molecule has 0 aliphatic heterocycles. The van der Waals surface area contributed by atoms with E-state index >= 15 is 0 Å². The number of benzene rings is 2. The van der Waals surface area contributed by atoms with Gasteiger partial charge in [-0.15, -0.1) is 0 Å². The van der Waals surface area contributed by atoms with Crippen molar-refractivity contribution < 1.29 is 22.8 Å². The number of carbonyl (C=O) groups excluding carboxylic acids is 1. The van der Waals surface area contributed by atoms with Crippen molar-refractivity contribution >= 4 is 38.4 Å². The molecule has 0 bridgehead atoms. The monoisotopic (exact) mass is 393 g/mol. The van der Waals surface area contributed by atoms with Gasteiger partial charge < -0.3 is 9.47 Å². The van der Waals surface area contributed by atoms with Gasteiger partial charge in [0, 0.05) is 4.90 Å². The zero-order chi connectivity index (χ0) is 19.2. The third-order valence-corrected chi connectivity index (χ3v) is 5.50. The molecule has 0 amide bonds. The van der Waals surface area contributed by atoms with Crippen LogP contribution >= 0.6 is 11.8 Å². The van der Waals surface area contributed by atoms with Gasteiger partial charge in [0.1, 0.15) is 5.75 Å². The Bertz CT molecular complexity index is 888. The molecule has 0 heterocycles. The fourth-order valence-electron chi connectivity index (χ4n) is 1.82. The molecule has 0 aliphatic rings. The molecule has 2 aromatic rings. The third-order valence-electron chi connectivity index (χ3n) is 3.25. The van der Waals surface area contributed by atoms with Crippen LogP contribution in [0.5, 0.6) is 5.75 Å². The highest BCUT2D eigenvalue weighted by Gasteiger charge is 2.17. The van der Waals surface area contributed by atoms with Gasteiger partial charge in [0.05, 0.1) is 19.1 Å². The summed E-state index contributed by atoms with van der Waals surface area (Å²) in [6, 6.07) is 13.9. The van der Waals surface area contributed by atoms with E-state index in [2.05, 4.69) is 11.0 Å². The SMILES string of the molecule is C=S(=O)(O/N=C(\Sc1ccc(C)cc1)C(=O)OC)c1ccc(OC)cc1. The molecular formula is C18H19NO5S2. The predicted octanol–water partition coefficient (Wildman–Crippen LogP) is 3.29. The van der Waals surface area contributed by atoms with Crippen LogP contribution in [0.2, 0.25) is 0 Å². The zero-order valence-electron chi connectivity index (χ0n) is 14.6. The lowest BCUT2D eigenvalue weighted by Gasteiger charge is -2.09. The number of hydrogen-bond acceptors (Lipinski definition) is 7. The fourth-order valence-corrected chi connectivity index (χ4v) is 3.44. The Balaban J connectivity index is 2.22.